The maximum atomic E-state index is 12.9. The minimum Gasteiger partial charge on any atom is -0.330 e. The molecule has 1 heterocycles. The molecule has 0 bridgehead atoms. The summed E-state index contributed by atoms with van der Waals surface area (Å²) < 4.78 is 38.6. The van der Waals surface area contributed by atoms with Crippen molar-refractivity contribution in [2.45, 2.75) is 12.6 Å². The Morgan fingerprint density at radius 3 is 2.32 bits per heavy atom. The second kappa shape index (κ2) is 5.40. The molecule has 0 fully saturated rings. The number of rotatable bonds is 3. The topological polar surface area (TPSA) is 38.9 Å². The standard InChI is InChI=1S/C14H13F3N2/c15-14(16,17)12-2-1-9-19-13(12)11-5-3-10(4-6-11)7-8-18/h1-6,9H,7-8,18H2. The molecule has 0 aliphatic rings. The molecule has 0 saturated carbocycles. The largest absolute Gasteiger partial charge is 0.418 e. The van der Waals surface area contributed by atoms with Crippen molar-refractivity contribution in [1.29, 1.82) is 0 Å². The van der Waals surface area contributed by atoms with Crippen LogP contribution in [0.25, 0.3) is 11.3 Å². The lowest BCUT2D eigenvalue weighted by atomic mass is 10.0. The summed E-state index contributed by atoms with van der Waals surface area (Å²) >= 11 is 0. The van der Waals surface area contributed by atoms with Gasteiger partial charge in [0.1, 0.15) is 0 Å². The van der Waals surface area contributed by atoms with Crippen molar-refractivity contribution in [2.75, 3.05) is 6.54 Å². The van der Waals surface area contributed by atoms with Crippen molar-refractivity contribution in [2.24, 2.45) is 5.73 Å². The number of aromatic nitrogens is 1. The summed E-state index contributed by atoms with van der Waals surface area (Å²) in [7, 11) is 0. The molecule has 100 valence electrons. The average molecular weight is 266 g/mol. The van der Waals surface area contributed by atoms with Gasteiger partial charge in [0, 0.05) is 11.8 Å². The van der Waals surface area contributed by atoms with Crippen LogP contribution < -0.4 is 5.73 Å². The van der Waals surface area contributed by atoms with Gasteiger partial charge in [-0.3, -0.25) is 4.98 Å². The molecule has 1 aromatic heterocycles. The van der Waals surface area contributed by atoms with Gasteiger partial charge in [-0.2, -0.15) is 13.2 Å². The maximum Gasteiger partial charge on any atom is 0.418 e. The number of pyridine rings is 1. The Kier molecular flexibility index (Phi) is 3.85. The minimum absolute atomic E-state index is 0.0469. The van der Waals surface area contributed by atoms with E-state index in [1.807, 2.05) is 0 Å². The Morgan fingerprint density at radius 1 is 1.05 bits per heavy atom. The molecule has 2 aromatic rings. The minimum atomic E-state index is -4.40. The van der Waals surface area contributed by atoms with Crippen LogP contribution in [0.1, 0.15) is 11.1 Å². The molecular weight excluding hydrogens is 253 g/mol. The molecular formula is C14H13F3N2. The summed E-state index contributed by atoms with van der Waals surface area (Å²) in [6.07, 6.45) is -2.34. The first-order valence-electron chi connectivity index (χ1n) is 5.84. The van der Waals surface area contributed by atoms with Gasteiger partial charge in [0.15, 0.2) is 0 Å². The van der Waals surface area contributed by atoms with Crippen molar-refractivity contribution in [3.63, 3.8) is 0 Å². The van der Waals surface area contributed by atoms with E-state index in [9.17, 15) is 13.2 Å². The molecule has 2 rings (SSSR count). The summed E-state index contributed by atoms with van der Waals surface area (Å²) in [5.74, 6) is 0. The van der Waals surface area contributed by atoms with E-state index < -0.39 is 11.7 Å². The molecule has 0 spiro atoms. The van der Waals surface area contributed by atoms with Gasteiger partial charge in [0.25, 0.3) is 0 Å². The van der Waals surface area contributed by atoms with E-state index in [1.54, 1.807) is 24.3 Å². The zero-order valence-electron chi connectivity index (χ0n) is 10.1. The van der Waals surface area contributed by atoms with Gasteiger partial charge in [-0.1, -0.05) is 24.3 Å². The highest BCUT2D eigenvalue weighted by Gasteiger charge is 2.34. The van der Waals surface area contributed by atoms with E-state index in [4.69, 9.17) is 5.73 Å². The highest BCUT2D eigenvalue weighted by Crippen LogP contribution is 2.35. The van der Waals surface area contributed by atoms with Gasteiger partial charge < -0.3 is 5.73 Å². The van der Waals surface area contributed by atoms with E-state index in [2.05, 4.69) is 4.98 Å². The van der Waals surface area contributed by atoms with Crippen LogP contribution >= 0.6 is 0 Å². The van der Waals surface area contributed by atoms with E-state index >= 15 is 0 Å². The quantitative estimate of drug-likeness (QED) is 0.926. The highest BCUT2D eigenvalue weighted by atomic mass is 19.4. The van der Waals surface area contributed by atoms with Crippen LogP contribution in [-0.2, 0) is 12.6 Å². The van der Waals surface area contributed by atoms with Crippen LogP contribution in [0.3, 0.4) is 0 Å². The number of nitrogens with two attached hydrogens (primary N) is 1. The number of hydrogen-bond donors (Lipinski definition) is 1. The fourth-order valence-electron chi connectivity index (χ4n) is 1.86. The lowest BCUT2D eigenvalue weighted by molar-refractivity contribution is -0.137. The fourth-order valence-corrected chi connectivity index (χ4v) is 1.86. The van der Waals surface area contributed by atoms with Crippen molar-refractivity contribution < 1.29 is 13.2 Å². The predicted octanol–water partition coefficient (Wildman–Crippen LogP) is 3.27. The van der Waals surface area contributed by atoms with Crippen LogP contribution in [0.2, 0.25) is 0 Å². The maximum absolute atomic E-state index is 12.9. The second-order valence-electron chi connectivity index (χ2n) is 4.13. The smallest absolute Gasteiger partial charge is 0.330 e. The number of benzene rings is 1. The first-order chi connectivity index (χ1) is 9.02. The first kappa shape index (κ1) is 13.5. The van der Waals surface area contributed by atoms with Gasteiger partial charge in [-0.25, -0.2) is 0 Å². The molecule has 0 radical (unpaired) electrons. The van der Waals surface area contributed by atoms with Gasteiger partial charge in [0.2, 0.25) is 0 Å². The van der Waals surface area contributed by atoms with Crippen molar-refractivity contribution in [3.8, 4) is 11.3 Å². The molecule has 0 aliphatic carbocycles. The molecule has 19 heavy (non-hydrogen) atoms. The average Bonchev–Trinajstić information content (AvgIpc) is 2.39. The Bertz CT molecular complexity index is 547. The van der Waals surface area contributed by atoms with Gasteiger partial charge >= 0.3 is 6.18 Å². The third-order valence-electron chi connectivity index (χ3n) is 2.77. The summed E-state index contributed by atoms with van der Waals surface area (Å²) in [6.45, 7) is 0.511. The molecule has 0 aliphatic heterocycles. The van der Waals surface area contributed by atoms with E-state index in [0.717, 1.165) is 11.6 Å². The zero-order valence-corrected chi connectivity index (χ0v) is 10.1. The third kappa shape index (κ3) is 3.12. The summed E-state index contributed by atoms with van der Waals surface area (Å²) in [5, 5.41) is 0. The van der Waals surface area contributed by atoms with Gasteiger partial charge in [-0.05, 0) is 30.7 Å². The summed E-state index contributed by atoms with van der Waals surface area (Å²) in [6, 6.07) is 9.16. The van der Waals surface area contributed by atoms with Crippen LogP contribution in [0.5, 0.6) is 0 Å². The van der Waals surface area contributed by atoms with E-state index in [-0.39, 0.29) is 5.69 Å². The highest BCUT2D eigenvalue weighted by molar-refractivity contribution is 5.63. The lowest BCUT2D eigenvalue weighted by Gasteiger charge is -2.11. The monoisotopic (exact) mass is 266 g/mol. The van der Waals surface area contributed by atoms with Crippen molar-refractivity contribution >= 4 is 0 Å². The summed E-state index contributed by atoms with van der Waals surface area (Å²) in [5.41, 5.74) is 6.11. The normalized spacial score (nSPS) is 11.6. The molecule has 1 aromatic carbocycles. The SMILES string of the molecule is NCCc1ccc(-c2ncccc2C(F)(F)F)cc1. The molecule has 0 amide bonds. The van der Waals surface area contributed by atoms with Crippen LogP contribution in [0.4, 0.5) is 13.2 Å². The molecule has 2 nitrogen and oxygen atoms in total. The van der Waals surface area contributed by atoms with Gasteiger partial charge in [0.05, 0.1) is 11.3 Å². The Hall–Kier alpha value is -1.88. The van der Waals surface area contributed by atoms with Crippen LogP contribution in [-0.4, -0.2) is 11.5 Å². The van der Waals surface area contributed by atoms with Gasteiger partial charge in [-0.15, -0.1) is 0 Å². The Morgan fingerprint density at radius 2 is 1.74 bits per heavy atom. The van der Waals surface area contributed by atoms with Crippen LogP contribution in [0.15, 0.2) is 42.6 Å². The van der Waals surface area contributed by atoms with Crippen LogP contribution in [0, 0.1) is 0 Å². The fraction of sp³-hybridized carbons (Fsp3) is 0.214. The summed E-state index contributed by atoms with van der Waals surface area (Å²) in [4.78, 5) is 3.85. The molecule has 5 heteroatoms. The first-order valence-corrected chi connectivity index (χ1v) is 5.84. The Labute approximate surface area is 109 Å². The molecule has 0 saturated heterocycles. The number of nitrogens with zero attached hydrogens (tertiary/aromatic N) is 1. The predicted molar refractivity (Wildman–Crippen MR) is 67.4 cm³/mol. The number of hydrogen-bond acceptors (Lipinski definition) is 2. The zero-order chi connectivity index (χ0) is 13.9. The van der Waals surface area contributed by atoms with Crippen molar-refractivity contribution in [1.82, 2.24) is 4.98 Å². The second-order valence-corrected chi connectivity index (χ2v) is 4.13. The number of alkyl halides is 3. The molecule has 0 atom stereocenters. The number of halogens is 3. The molecule has 2 N–H and O–H groups in total. The van der Waals surface area contributed by atoms with E-state index in [0.29, 0.717) is 18.5 Å². The lowest BCUT2D eigenvalue weighted by Crippen LogP contribution is -2.08. The van der Waals surface area contributed by atoms with E-state index in [1.165, 1.54) is 12.3 Å². The molecule has 0 unspecified atom stereocenters. The Balaban J connectivity index is 2.42. The van der Waals surface area contributed by atoms with Crippen molar-refractivity contribution in [3.05, 3.63) is 53.7 Å². The third-order valence-corrected chi connectivity index (χ3v) is 2.77.